The van der Waals surface area contributed by atoms with Gasteiger partial charge in [-0.15, -0.1) is 0 Å². The minimum Gasteiger partial charge on any atom is -0.496 e. The van der Waals surface area contributed by atoms with Crippen LogP contribution in [0.3, 0.4) is 0 Å². The number of hydrogen-bond acceptors (Lipinski definition) is 6. The van der Waals surface area contributed by atoms with Crippen molar-refractivity contribution in [3.63, 3.8) is 0 Å². The maximum absolute atomic E-state index is 8.87. The van der Waals surface area contributed by atoms with Gasteiger partial charge in [-0.2, -0.15) is 10.2 Å². The fourth-order valence-corrected chi connectivity index (χ4v) is 2.51. The third-order valence-corrected chi connectivity index (χ3v) is 3.78. The zero-order chi connectivity index (χ0) is 18.4. The smallest absolute Gasteiger partial charge is 0.229 e. The number of aromatic nitrogens is 2. The number of ether oxygens (including phenoxy) is 1. The first-order chi connectivity index (χ1) is 12.7. The Morgan fingerprint density at radius 1 is 1.08 bits per heavy atom. The minimum absolute atomic E-state index is 0.497. The molecule has 1 heterocycles. The average Bonchev–Trinajstić information content (AvgIpc) is 2.67. The van der Waals surface area contributed by atoms with Gasteiger partial charge in [0.15, 0.2) is 0 Å². The Bertz CT molecular complexity index is 932. The molecule has 1 aromatic heterocycles. The van der Waals surface area contributed by atoms with Crippen LogP contribution < -0.4 is 15.4 Å². The predicted molar refractivity (Wildman–Crippen MR) is 102 cm³/mol. The first-order valence-electron chi connectivity index (χ1n) is 8.16. The summed E-state index contributed by atoms with van der Waals surface area (Å²) in [6.45, 7) is 2.51. The highest BCUT2D eigenvalue weighted by molar-refractivity contribution is 5.56. The van der Waals surface area contributed by atoms with E-state index in [1.54, 1.807) is 19.2 Å². The summed E-state index contributed by atoms with van der Waals surface area (Å²) in [6.07, 6.45) is 0. The van der Waals surface area contributed by atoms with Gasteiger partial charge in [-0.3, -0.25) is 0 Å². The summed E-state index contributed by atoms with van der Waals surface area (Å²) in [5.74, 6) is 2.05. The van der Waals surface area contributed by atoms with E-state index in [1.165, 1.54) is 0 Å². The van der Waals surface area contributed by atoms with E-state index < -0.39 is 0 Å². The summed E-state index contributed by atoms with van der Waals surface area (Å²) in [7, 11) is 1.66. The van der Waals surface area contributed by atoms with Crippen LogP contribution in [-0.2, 0) is 6.54 Å². The van der Waals surface area contributed by atoms with Crippen LogP contribution in [0.1, 0.15) is 16.8 Å². The predicted octanol–water partition coefficient (Wildman–Crippen LogP) is 4.02. The topological polar surface area (TPSA) is 82.9 Å². The first kappa shape index (κ1) is 17.2. The highest BCUT2D eigenvalue weighted by Crippen LogP contribution is 2.20. The maximum Gasteiger partial charge on any atom is 0.229 e. The second kappa shape index (κ2) is 7.99. The number of nitrogens with one attached hydrogen (secondary N) is 2. The summed E-state index contributed by atoms with van der Waals surface area (Å²) in [5.41, 5.74) is 3.33. The molecule has 0 spiro atoms. The van der Waals surface area contributed by atoms with Crippen LogP contribution in [0.15, 0.2) is 54.6 Å². The molecular weight excluding hydrogens is 326 g/mol. The Hall–Kier alpha value is -3.59. The van der Waals surface area contributed by atoms with Crippen LogP contribution in [0.2, 0.25) is 0 Å². The molecular formula is C20H19N5O. The SMILES string of the molecule is COc1ccccc1CNc1cc(C)nc(Nc2ccc(C#N)cc2)n1. The lowest BCUT2D eigenvalue weighted by Crippen LogP contribution is -2.06. The zero-order valence-corrected chi connectivity index (χ0v) is 14.7. The van der Waals surface area contributed by atoms with Crippen molar-refractivity contribution < 1.29 is 4.74 Å². The van der Waals surface area contributed by atoms with E-state index in [0.29, 0.717) is 18.1 Å². The van der Waals surface area contributed by atoms with Gasteiger partial charge in [-0.25, -0.2) is 4.98 Å². The van der Waals surface area contributed by atoms with E-state index in [1.807, 2.05) is 49.4 Å². The van der Waals surface area contributed by atoms with Crippen molar-refractivity contribution in [1.29, 1.82) is 5.26 Å². The number of rotatable bonds is 6. The third-order valence-electron chi connectivity index (χ3n) is 3.78. The molecule has 0 unspecified atom stereocenters. The van der Waals surface area contributed by atoms with Crippen molar-refractivity contribution in [2.75, 3.05) is 17.7 Å². The second-order valence-electron chi connectivity index (χ2n) is 5.70. The molecule has 0 amide bonds. The average molecular weight is 345 g/mol. The van der Waals surface area contributed by atoms with Crippen LogP contribution in [0.25, 0.3) is 0 Å². The van der Waals surface area contributed by atoms with Gasteiger partial charge in [-0.1, -0.05) is 18.2 Å². The van der Waals surface area contributed by atoms with Gasteiger partial charge < -0.3 is 15.4 Å². The Balaban J connectivity index is 1.73. The Labute approximate surface area is 152 Å². The van der Waals surface area contributed by atoms with Crippen molar-refractivity contribution in [1.82, 2.24) is 9.97 Å². The van der Waals surface area contributed by atoms with E-state index in [9.17, 15) is 0 Å². The van der Waals surface area contributed by atoms with Crippen molar-refractivity contribution in [2.24, 2.45) is 0 Å². The fraction of sp³-hybridized carbons (Fsp3) is 0.150. The molecule has 2 aromatic carbocycles. The molecule has 0 saturated heterocycles. The largest absolute Gasteiger partial charge is 0.496 e. The van der Waals surface area contributed by atoms with Crippen LogP contribution in [0.4, 0.5) is 17.5 Å². The summed E-state index contributed by atoms with van der Waals surface area (Å²) < 4.78 is 5.37. The molecule has 3 aromatic rings. The third kappa shape index (κ3) is 4.28. The molecule has 0 atom stereocenters. The van der Waals surface area contributed by atoms with Gasteiger partial charge in [0.1, 0.15) is 11.6 Å². The number of nitriles is 1. The summed E-state index contributed by atoms with van der Waals surface area (Å²) >= 11 is 0. The van der Waals surface area contributed by atoms with Crippen molar-refractivity contribution in [2.45, 2.75) is 13.5 Å². The minimum atomic E-state index is 0.497. The fourth-order valence-electron chi connectivity index (χ4n) is 2.51. The first-order valence-corrected chi connectivity index (χ1v) is 8.16. The zero-order valence-electron chi connectivity index (χ0n) is 14.7. The lowest BCUT2D eigenvalue weighted by atomic mass is 10.2. The molecule has 0 aliphatic rings. The molecule has 0 aliphatic carbocycles. The number of methoxy groups -OCH3 is 1. The Morgan fingerprint density at radius 3 is 2.58 bits per heavy atom. The molecule has 3 rings (SSSR count). The molecule has 0 fully saturated rings. The van der Waals surface area contributed by atoms with Gasteiger partial charge in [0.25, 0.3) is 0 Å². The van der Waals surface area contributed by atoms with E-state index >= 15 is 0 Å². The van der Waals surface area contributed by atoms with Crippen molar-refractivity contribution in [3.05, 3.63) is 71.4 Å². The van der Waals surface area contributed by atoms with E-state index in [4.69, 9.17) is 10.00 Å². The highest BCUT2D eigenvalue weighted by atomic mass is 16.5. The summed E-state index contributed by atoms with van der Waals surface area (Å²) in [4.78, 5) is 8.91. The summed E-state index contributed by atoms with van der Waals surface area (Å²) in [6, 6.07) is 19.0. The van der Waals surface area contributed by atoms with Crippen LogP contribution in [0, 0.1) is 18.3 Å². The highest BCUT2D eigenvalue weighted by Gasteiger charge is 2.05. The standard InChI is InChI=1S/C20H19N5O/c1-14-11-19(22-13-16-5-3-4-6-18(16)26-2)25-20(23-14)24-17-9-7-15(12-21)8-10-17/h3-11H,13H2,1-2H3,(H2,22,23,24,25). The number of nitrogens with zero attached hydrogens (tertiary/aromatic N) is 3. The normalized spacial score (nSPS) is 10.0. The number of aryl methyl sites for hydroxylation is 1. The number of para-hydroxylation sites is 1. The molecule has 2 N–H and O–H groups in total. The Morgan fingerprint density at radius 2 is 1.85 bits per heavy atom. The number of hydrogen-bond donors (Lipinski definition) is 2. The summed E-state index contributed by atoms with van der Waals surface area (Å²) in [5, 5.41) is 15.3. The second-order valence-corrected chi connectivity index (χ2v) is 5.70. The van der Waals surface area contributed by atoms with E-state index in [-0.39, 0.29) is 0 Å². The van der Waals surface area contributed by atoms with Gasteiger partial charge >= 0.3 is 0 Å². The van der Waals surface area contributed by atoms with Crippen molar-refractivity contribution >= 4 is 17.5 Å². The van der Waals surface area contributed by atoms with E-state index in [0.717, 1.165) is 28.5 Å². The molecule has 6 heteroatoms. The monoisotopic (exact) mass is 345 g/mol. The molecule has 0 bridgehead atoms. The number of anilines is 3. The van der Waals surface area contributed by atoms with Gasteiger partial charge in [0.05, 0.1) is 18.7 Å². The van der Waals surface area contributed by atoms with Crippen LogP contribution in [0.5, 0.6) is 5.75 Å². The van der Waals surface area contributed by atoms with Gasteiger partial charge in [0.2, 0.25) is 5.95 Å². The molecule has 0 radical (unpaired) electrons. The maximum atomic E-state index is 8.87. The lowest BCUT2D eigenvalue weighted by Gasteiger charge is -2.12. The lowest BCUT2D eigenvalue weighted by molar-refractivity contribution is 0.410. The van der Waals surface area contributed by atoms with Crippen LogP contribution in [-0.4, -0.2) is 17.1 Å². The van der Waals surface area contributed by atoms with Crippen molar-refractivity contribution in [3.8, 4) is 11.8 Å². The number of benzene rings is 2. The van der Waals surface area contributed by atoms with Gasteiger partial charge in [-0.05, 0) is 37.3 Å². The molecule has 130 valence electrons. The Kier molecular flexibility index (Phi) is 5.30. The van der Waals surface area contributed by atoms with Gasteiger partial charge in [0, 0.05) is 29.6 Å². The molecule has 0 saturated carbocycles. The molecule has 6 nitrogen and oxygen atoms in total. The molecule has 26 heavy (non-hydrogen) atoms. The quantitative estimate of drug-likeness (QED) is 0.702. The molecule has 0 aliphatic heterocycles. The van der Waals surface area contributed by atoms with E-state index in [2.05, 4.69) is 26.7 Å². The van der Waals surface area contributed by atoms with Crippen LogP contribution >= 0.6 is 0 Å².